The van der Waals surface area contributed by atoms with Gasteiger partial charge >= 0.3 is 17.8 Å². The molecule has 3 aromatic rings. The van der Waals surface area contributed by atoms with E-state index < -0.39 is 22.7 Å². The van der Waals surface area contributed by atoms with Crippen molar-refractivity contribution in [2.45, 2.75) is 13.8 Å². The van der Waals surface area contributed by atoms with Crippen molar-refractivity contribution in [1.82, 2.24) is 5.43 Å². The minimum absolute atomic E-state index is 0.0236. The molecule has 0 saturated heterocycles. The molecule has 0 aliphatic heterocycles. The number of esters is 1. The molecule has 0 fully saturated rings. The Balaban J connectivity index is 1.70. The number of nitrogens with one attached hydrogen (secondary N) is 2. The van der Waals surface area contributed by atoms with Gasteiger partial charge in [-0.25, -0.2) is 10.2 Å². The van der Waals surface area contributed by atoms with Gasteiger partial charge in [-0.2, -0.15) is 5.10 Å². The summed E-state index contributed by atoms with van der Waals surface area (Å²) < 4.78 is 11.4. The van der Waals surface area contributed by atoms with Crippen LogP contribution in [0.5, 0.6) is 11.5 Å². The molecule has 0 aromatic heterocycles. The molecule has 2 N–H and O–H groups in total. The second-order valence-electron chi connectivity index (χ2n) is 7.58. The number of halogens is 1. The third-order valence-electron chi connectivity index (χ3n) is 5.07. The molecule has 37 heavy (non-hydrogen) atoms. The fraction of sp³-hybridized carbons (Fsp3) is 0.120. The summed E-state index contributed by atoms with van der Waals surface area (Å²) in [5.41, 5.74) is 3.67. The predicted octanol–water partition coefficient (Wildman–Crippen LogP) is 4.37. The van der Waals surface area contributed by atoms with E-state index in [9.17, 15) is 24.5 Å². The van der Waals surface area contributed by atoms with Gasteiger partial charge in [0.2, 0.25) is 0 Å². The van der Waals surface area contributed by atoms with Crippen molar-refractivity contribution in [2.24, 2.45) is 5.10 Å². The second-order valence-corrected chi connectivity index (χ2v) is 8.50. The Morgan fingerprint density at radius 3 is 2.41 bits per heavy atom. The van der Waals surface area contributed by atoms with Gasteiger partial charge in [0.1, 0.15) is 5.56 Å². The van der Waals surface area contributed by atoms with Gasteiger partial charge in [-0.1, -0.05) is 28.1 Å². The van der Waals surface area contributed by atoms with Crippen molar-refractivity contribution in [1.29, 1.82) is 0 Å². The number of nitro groups is 1. The highest BCUT2D eigenvalue weighted by atomic mass is 79.9. The van der Waals surface area contributed by atoms with Gasteiger partial charge in [-0.3, -0.25) is 19.7 Å². The molecule has 0 aliphatic carbocycles. The first-order valence-electron chi connectivity index (χ1n) is 10.7. The summed E-state index contributed by atoms with van der Waals surface area (Å²) in [6.07, 6.45) is 0. The molecule has 0 radical (unpaired) electrons. The van der Waals surface area contributed by atoms with Crippen LogP contribution in [0.3, 0.4) is 0 Å². The Hall–Kier alpha value is -4.58. The van der Waals surface area contributed by atoms with Crippen LogP contribution in [0.2, 0.25) is 0 Å². The number of carbonyl (C=O) groups is 3. The van der Waals surface area contributed by atoms with Crippen molar-refractivity contribution >= 4 is 50.8 Å². The molecule has 0 saturated carbocycles. The van der Waals surface area contributed by atoms with E-state index in [0.29, 0.717) is 17.0 Å². The van der Waals surface area contributed by atoms with Crippen molar-refractivity contribution in [3.63, 3.8) is 0 Å². The van der Waals surface area contributed by atoms with Gasteiger partial charge in [0, 0.05) is 21.8 Å². The Morgan fingerprint density at radius 2 is 1.73 bits per heavy atom. The highest BCUT2D eigenvalue weighted by Crippen LogP contribution is 2.30. The summed E-state index contributed by atoms with van der Waals surface area (Å²) in [4.78, 5) is 47.5. The van der Waals surface area contributed by atoms with Gasteiger partial charge < -0.3 is 14.8 Å². The van der Waals surface area contributed by atoms with E-state index >= 15 is 0 Å². The number of hydrazone groups is 1. The first-order chi connectivity index (χ1) is 17.6. The normalized spacial score (nSPS) is 10.9. The zero-order valence-electron chi connectivity index (χ0n) is 19.9. The molecule has 12 heteroatoms. The summed E-state index contributed by atoms with van der Waals surface area (Å²) in [5, 5.41) is 17.7. The molecule has 2 amide bonds. The van der Waals surface area contributed by atoms with Gasteiger partial charge in [-0.15, -0.1) is 0 Å². The van der Waals surface area contributed by atoms with Crippen LogP contribution in [-0.2, 0) is 9.59 Å². The number of ether oxygens (including phenoxy) is 2. The van der Waals surface area contributed by atoms with Crippen LogP contribution in [-0.4, -0.2) is 35.5 Å². The van der Waals surface area contributed by atoms with Crippen LogP contribution in [0.4, 0.5) is 11.4 Å². The fourth-order valence-electron chi connectivity index (χ4n) is 3.13. The highest BCUT2D eigenvalue weighted by molar-refractivity contribution is 9.10. The number of anilines is 1. The number of carbonyl (C=O) groups excluding carboxylic acids is 3. The maximum atomic E-state index is 12.5. The number of aryl methyl sites for hydroxylation is 1. The topological polar surface area (TPSA) is 149 Å². The van der Waals surface area contributed by atoms with E-state index in [0.717, 1.165) is 10.0 Å². The molecule has 0 atom stereocenters. The molecule has 11 nitrogen and oxygen atoms in total. The van der Waals surface area contributed by atoms with Crippen LogP contribution in [0.25, 0.3) is 0 Å². The number of hydrogen-bond acceptors (Lipinski definition) is 8. The smallest absolute Gasteiger partial charge is 0.350 e. The molecule has 3 rings (SSSR count). The molecule has 190 valence electrons. The number of hydrogen-bond donors (Lipinski definition) is 2. The number of nitro benzene ring substituents is 1. The van der Waals surface area contributed by atoms with E-state index in [-0.39, 0.29) is 22.7 Å². The predicted molar refractivity (Wildman–Crippen MR) is 139 cm³/mol. The zero-order chi connectivity index (χ0) is 27.1. The first-order valence-corrected chi connectivity index (χ1v) is 11.5. The van der Waals surface area contributed by atoms with Gasteiger partial charge in [0.15, 0.2) is 11.5 Å². The molecule has 0 bridgehead atoms. The Bertz CT molecular complexity index is 1420. The minimum atomic E-state index is -0.969. The number of rotatable bonds is 7. The van der Waals surface area contributed by atoms with Gasteiger partial charge in [0.05, 0.1) is 17.7 Å². The lowest BCUT2D eigenvalue weighted by molar-refractivity contribution is -0.385. The molecule has 0 unspecified atom stereocenters. The third kappa shape index (κ3) is 6.76. The summed E-state index contributed by atoms with van der Waals surface area (Å²) in [6.45, 7) is 3.38. The quantitative estimate of drug-likeness (QED) is 0.107. The number of methoxy groups -OCH3 is 1. The fourth-order valence-corrected chi connectivity index (χ4v) is 3.61. The largest absolute Gasteiger partial charge is 0.493 e. The average Bonchev–Trinajstić information content (AvgIpc) is 2.88. The maximum absolute atomic E-state index is 12.5. The van der Waals surface area contributed by atoms with E-state index in [1.165, 1.54) is 43.5 Å². The van der Waals surface area contributed by atoms with E-state index in [1.807, 2.05) is 0 Å². The molecular weight excluding hydrogens is 548 g/mol. The second kappa shape index (κ2) is 11.9. The van der Waals surface area contributed by atoms with Crippen molar-refractivity contribution in [3.05, 3.63) is 91.9 Å². The van der Waals surface area contributed by atoms with Crippen molar-refractivity contribution < 1.29 is 28.8 Å². The zero-order valence-corrected chi connectivity index (χ0v) is 21.5. The van der Waals surface area contributed by atoms with Crippen molar-refractivity contribution in [3.8, 4) is 11.5 Å². The summed E-state index contributed by atoms with van der Waals surface area (Å²) in [7, 11) is 1.35. The lowest BCUT2D eigenvalue weighted by atomic mass is 10.1. The Kier molecular flexibility index (Phi) is 8.69. The van der Waals surface area contributed by atoms with Crippen LogP contribution < -0.4 is 20.2 Å². The highest BCUT2D eigenvalue weighted by Gasteiger charge is 2.22. The molecular formula is C25H21BrN4O7. The van der Waals surface area contributed by atoms with E-state index in [1.54, 1.807) is 38.1 Å². The van der Waals surface area contributed by atoms with Crippen LogP contribution in [0.15, 0.2) is 70.2 Å². The molecule has 3 aromatic carbocycles. The average molecular weight is 569 g/mol. The SMILES string of the molecule is COc1cc(/C(C)=N/NC(=O)C(=O)Nc2ccc(Br)cc2C)ccc1OC(=O)c1ccccc1[N+](=O)[O-]. The summed E-state index contributed by atoms with van der Waals surface area (Å²) in [6, 6.07) is 15.1. The number of para-hydroxylation sites is 1. The lowest BCUT2D eigenvalue weighted by Crippen LogP contribution is -2.33. The standard InChI is InChI=1S/C25H21BrN4O7/c1-14-12-17(26)9-10-19(14)27-23(31)24(32)29-28-15(2)16-8-11-21(22(13-16)36-3)37-25(33)18-6-4-5-7-20(18)30(34)35/h4-13H,1-3H3,(H,27,31)(H,29,32)/b28-15+. The Labute approximate surface area is 219 Å². The summed E-state index contributed by atoms with van der Waals surface area (Å²) in [5.74, 6) is -2.62. The maximum Gasteiger partial charge on any atom is 0.350 e. The lowest BCUT2D eigenvalue weighted by Gasteiger charge is -2.11. The van der Waals surface area contributed by atoms with E-state index in [2.05, 4.69) is 31.8 Å². The minimum Gasteiger partial charge on any atom is -0.493 e. The summed E-state index contributed by atoms with van der Waals surface area (Å²) >= 11 is 3.33. The van der Waals surface area contributed by atoms with Crippen molar-refractivity contribution in [2.75, 3.05) is 12.4 Å². The van der Waals surface area contributed by atoms with Gasteiger partial charge in [-0.05, 0) is 61.9 Å². The third-order valence-corrected chi connectivity index (χ3v) is 5.57. The number of benzene rings is 3. The monoisotopic (exact) mass is 568 g/mol. The Morgan fingerprint density at radius 1 is 1.00 bits per heavy atom. The van der Waals surface area contributed by atoms with Crippen LogP contribution in [0.1, 0.15) is 28.4 Å². The van der Waals surface area contributed by atoms with Crippen LogP contribution >= 0.6 is 15.9 Å². The number of amides is 2. The van der Waals surface area contributed by atoms with Gasteiger partial charge in [0.25, 0.3) is 5.69 Å². The molecule has 0 spiro atoms. The van der Waals surface area contributed by atoms with E-state index in [4.69, 9.17) is 9.47 Å². The molecule has 0 heterocycles. The van der Waals surface area contributed by atoms with Crippen LogP contribution in [0, 0.1) is 17.0 Å². The number of nitrogens with zero attached hydrogens (tertiary/aromatic N) is 2. The first kappa shape index (κ1) is 27.0. The molecule has 0 aliphatic rings.